The number of hydrogen-bond acceptors (Lipinski definition) is 10. The molecule has 7 N–H and O–H groups in total. The molecule has 282 valence electrons. The van der Waals surface area contributed by atoms with Crippen LogP contribution in [0.1, 0.15) is 62.1 Å². The molecule has 0 fully saturated rings. The quantitative estimate of drug-likeness (QED) is 0.117. The average molecular weight is 784 g/mol. The fourth-order valence-electron chi connectivity index (χ4n) is 8.06. The van der Waals surface area contributed by atoms with E-state index in [0.29, 0.717) is 44.5 Å². The standard InChI is InChI=1S/C40H36Cl2N6O7/c1-15(2)27(43)36(51)45-23-14-17-11-12-24(49)21(13-17)40-20-9-5-8-19(30(20)54-39(40)52)18-7-6-10-22-25(18)26(33(41)44-22)31-34(42)48-38(53-31)29-32(40)55-37(47-29)28(16(3)4)46-35(23)50/h5-13,15-16,23,27-28,39,44,49,52H,14,43H2,1-4H3,(H,45,51)(H,46,50)/t23-,27-,28-,39?,40-/m0/s1. The van der Waals surface area contributed by atoms with Crippen LogP contribution in [0.3, 0.4) is 0 Å². The van der Waals surface area contributed by atoms with Gasteiger partial charge < -0.3 is 45.1 Å². The van der Waals surface area contributed by atoms with Gasteiger partial charge in [-0.15, -0.1) is 0 Å². The van der Waals surface area contributed by atoms with Crippen LogP contribution in [0.2, 0.25) is 10.3 Å². The van der Waals surface area contributed by atoms with E-state index in [1.54, 1.807) is 18.2 Å². The van der Waals surface area contributed by atoms with Gasteiger partial charge in [0.2, 0.25) is 24.0 Å². The van der Waals surface area contributed by atoms with Gasteiger partial charge in [0.05, 0.1) is 11.6 Å². The van der Waals surface area contributed by atoms with Crippen LogP contribution in [0, 0.1) is 11.8 Å². The summed E-state index contributed by atoms with van der Waals surface area (Å²) in [5.74, 6) is -1.24. The monoisotopic (exact) mass is 782 g/mol. The minimum Gasteiger partial charge on any atom is -0.508 e. The number of aromatic hydroxyl groups is 1. The van der Waals surface area contributed by atoms with Gasteiger partial charge in [0.15, 0.2) is 22.4 Å². The van der Waals surface area contributed by atoms with E-state index in [1.807, 2.05) is 58.0 Å². The predicted molar refractivity (Wildman–Crippen MR) is 204 cm³/mol. The maximum absolute atomic E-state index is 14.2. The van der Waals surface area contributed by atoms with E-state index in [9.17, 15) is 19.8 Å². The summed E-state index contributed by atoms with van der Waals surface area (Å²) in [5.41, 5.74) is 8.06. The largest absolute Gasteiger partial charge is 0.508 e. The summed E-state index contributed by atoms with van der Waals surface area (Å²) in [6.07, 6.45) is -1.70. The fraction of sp³-hybridized carbons (Fsp3) is 0.300. The van der Waals surface area contributed by atoms with Gasteiger partial charge in [-0.25, -0.2) is 4.98 Å². The van der Waals surface area contributed by atoms with E-state index >= 15 is 0 Å². The van der Waals surface area contributed by atoms with E-state index in [4.69, 9.17) is 47.5 Å². The maximum Gasteiger partial charge on any atom is 0.250 e. The Kier molecular flexibility index (Phi) is 8.10. The summed E-state index contributed by atoms with van der Waals surface area (Å²) in [7, 11) is 0. The Bertz CT molecular complexity index is 2580. The van der Waals surface area contributed by atoms with Crippen molar-refractivity contribution in [2.75, 3.05) is 0 Å². The summed E-state index contributed by atoms with van der Waals surface area (Å²) >= 11 is 13.8. The van der Waals surface area contributed by atoms with Crippen molar-refractivity contribution in [2.45, 2.75) is 63.9 Å². The van der Waals surface area contributed by atoms with E-state index in [0.717, 1.165) is 0 Å². The molecule has 3 aliphatic rings. The second-order valence-electron chi connectivity index (χ2n) is 15.0. The van der Waals surface area contributed by atoms with Gasteiger partial charge in [-0.05, 0) is 35.1 Å². The number of hydrogen-bond donors (Lipinski definition) is 6. The zero-order valence-electron chi connectivity index (χ0n) is 30.0. The van der Waals surface area contributed by atoms with Crippen molar-refractivity contribution in [1.29, 1.82) is 0 Å². The van der Waals surface area contributed by atoms with E-state index < -0.39 is 41.6 Å². The number of halogens is 2. The number of carbonyl (C=O) groups excluding carboxylic acids is 2. The Hall–Kier alpha value is -5.34. The molecular weight excluding hydrogens is 747 g/mol. The van der Waals surface area contributed by atoms with Gasteiger partial charge in [-0.2, -0.15) is 4.98 Å². The number of rotatable bonds is 4. The van der Waals surface area contributed by atoms with Crippen LogP contribution < -0.4 is 21.1 Å². The van der Waals surface area contributed by atoms with Crippen LogP contribution in [0.25, 0.3) is 44.9 Å². The Balaban J connectivity index is 1.40. The highest BCUT2D eigenvalue weighted by Crippen LogP contribution is 2.59. The summed E-state index contributed by atoms with van der Waals surface area (Å²) in [5, 5.41) is 31.2. The van der Waals surface area contributed by atoms with Crippen LogP contribution in [0.5, 0.6) is 11.5 Å². The molecular formula is C40H36Cl2N6O7. The van der Waals surface area contributed by atoms with E-state index in [-0.39, 0.29) is 68.9 Å². The first-order chi connectivity index (χ1) is 26.3. The van der Waals surface area contributed by atoms with Gasteiger partial charge in [0, 0.05) is 34.0 Å². The summed E-state index contributed by atoms with van der Waals surface area (Å²) in [6, 6.07) is 13.1. The van der Waals surface area contributed by atoms with Gasteiger partial charge in [-0.1, -0.05) is 93.4 Å². The number of aliphatic hydroxyl groups is 1. The van der Waals surface area contributed by atoms with Gasteiger partial charge in [0.25, 0.3) is 5.89 Å². The molecule has 15 heteroatoms. The Morgan fingerprint density at radius 2 is 1.80 bits per heavy atom. The highest BCUT2D eigenvalue weighted by atomic mass is 35.5. The van der Waals surface area contributed by atoms with Crippen LogP contribution in [0.4, 0.5) is 0 Å². The maximum atomic E-state index is 14.2. The Labute approximate surface area is 324 Å². The summed E-state index contributed by atoms with van der Waals surface area (Å²) in [6.45, 7) is 7.39. The third-order valence-corrected chi connectivity index (χ3v) is 11.5. The van der Waals surface area contributed by atoms with Crippen molar-refractivity contribution >= 4 is 45.9 Å². The number of nitrogens with one attached hydrogen (secondary N) is 3. The molecule has 2 amide bonds. The van der Waals surface area contributed by atoms with E-state index in [1.165, 1.54) is 6.07 Å². The molecule has 10 bridgehead atoms. The molecule has 5 atom stereocenters. The first-order valence-corrected chi connectivity index (χ1v) is 18.7. The number of carbonyl (C=O) groups is 2. The third-order valence-electron chi connectivity index (χ3n) is 10.9. The van der Waals surface area contributed by atoms with Crippen LogP contribution in [0.15, 0.2) is 63.4 Å². The molecule has 0 radical (unpaired) electrons. The highest BCUT2D eigenvalue weighted by molar-refractivity contribution is 6.37. The highest BCUT2D eigenvalue weighted by Gasteiger charge is 2.58. The smallest absolute Gasteiger partial charge is 0.250 e. The summed E-state index contributed by atoms with van der Waals surface area (Å²) < 4.78 is 19.8. The number of nitrogens with two attached hydrogens (primary N) is 1. The average Bonchev–Trinajstić information content (AvgIpc) is 3.90. The number of ether oxygens (including phenoxy) is 1. The molecule has 3 aromatic heterocycles. The number of H-pyrrole nitrogens is 1. The zero-order valence-corrected chi connectivity index (χ0v) is 31.5. The number of aliphatic hydroxyl groups excluding tert-OH is 1. The fourth-order valence-corrected chi connectivity index (χ4v) is 8.55. The molecule has 9 rings (SSSR count). The van der Waals surface area contributed by atoms with Gasteiger partial charge in [0.1, 0.15) is 34.2 Å². The number of nitrogens with zero attached hydrogens (tertiary/aromatic N) is 2. The lowest BCUT2D eigenvalue weighted by atomic mass is 9.70. The topological polar surface area (TPSA) is 202 Å². The van der Waals surface area contributed by atoms with Crippen molar-refractivity contribution in [3.8, 4) is 45.5 Å². The number of aromatic nitrogens is 3. The number of aromatic amines is 1. The minimum atomic E-state index is -1.80. The molecule has 0 saturated heterocycles. The van der Waals surface area contributed by atoms with Crippen LogP contribution in [-0.4, -0.2) is 55.4 Å². The molecule has 0 aliphatic carbocycles. The lowest BCUT2D eigenvalue weighted by molar-refractivity contribution is -0.130. The van der Waals surface area contributed by atoms with Crippen molar-refractivity contribution in [2.24, 2.45) is 17.6 Å². The van der Waals surface area contributed by atoms with Crippen molar-refractivity contribution in [3.63, 3.8) is 0 Å². The molecule has 6 aromatic rings. The number of phenols is 1. The van der Waals surface area contributed by atoms with E-state index in [2.05, 4.69) is 20.6 Å². The lowest BCUT2D eigenvalue weighted by Crippen LogP contribution is -2.54. The Morgan fingerprint density at radius 1 is 1.04 bits per heavy atom. The molecule has 1 spiro atoms. The molecule has 0 saturated carbocycles. The number of para-hydroxylation sites is 1. The zero-order chi connectivity index (χ0) is 38.7. The molecule has 1 unspecified atom stereocenters. The number of amides is 2. The van der Waals surface area contributed by atoms with Crippen LogP contribution in [-0.2, 0) is 21.4 Å². The predicted octanol–water partition coefficient (Wildman–Crippen LogP) is 6.35. The normalized spacial score (nSPS) is 21.6. The van der Waals surface area contributed by atoms with Crippen molar-refractivity contribution in [3.05, 3.63) is 93.2 Å². The molecule has 3 aromatic carbocycles. The van der Waals surface area contributed by atoms with Crippen molar-refractivity contribution < 1.29 is 33.4 Å². The minimum absolute atomic E-state index is 0.0107. The number of oxazole rings is 2. The lowest BCUT2D eigenvalue weighted by Gasteiger charge is -2.32. The summed E-state index contributed by atoms with van der Waals surface area (Å²) in [4.78, 5) is 40.3. The molecule has 6 heterocycles. The molecule has 3 aliphatic heterocycles. The first kappa shape index (κ1) is 35.4. The molecule has 13 nitrogen and oxygen atoms in total. The molecule has 55 heavy (non-hydrogen) atoms. The van der Waals surface area contributed by atoms with Gasteiger partial charge in [-0.3, -0.25) is 9.59 Å². The second-order valence-corrected chi connectivity index (χ2v) is 15.7. The van der Waals surface area contributed by atoms with Crippen LogP contribution >= 0.6 is 23.2 Å². The number of fused-ring (bicyclic) bond motifs is 8. The Morgan fingerprint density at radius 3 is 2.56 bits per heavy atom. The van der Waals surface area contributed by atoms with Crippen molar-refractivity contribution in [1.82, 2.24) is 25.6 Å². The number of phenolic OH excluding ortho intramolecular Hbond substituents is 1. The SMILES string of the molecule is CC(C)[C@H](N)C(=O)N[C@H]1Cc2ccc(O)c(c2)[C@]23c4cccc(c4OC2O)-c2cccc4[nH]c(Cl)c(c24)-c2oc(nc2Cl)-c2nc(oc23)[C@H](C(C)C)NC1=O. The second kappa shape index (κ2) is 12.6. The van der Waals surface area contributed by atoms with Gasteiger partial charge >= 0.3 is 0 Å². The number of benzene rings is 3. The first-order valence-electron chi connectivity index (χ1n) is 17.9. The third kappa shape index (κ3) is 5.13.